The van der Waals surface area contributed by atoms with Crippen LogP contribution >= 0.6 is 0 Å². The third-order valence-corrected chi connectivity index (χ3v) is 4.12. The number of ether oxygens (including phenoxy) is 1. The fourth-order valence-corrected chi connectivity index (χ4v) is 2.63. The Morgan fingerprint density at radius 1 is 0.917 bits per heavy atom. The summed E-state index contributed by atoms with van der Waals surface area (Å²) < 4.78 is 5.14. The van der Waals surface area contributed by atoms with Gasteiger partial charge < -0.3 is 24.7 Å². The molecule has 1 aliphatic heterocycles. The summed E-state index contributed by atoms with van der Waals surface area (Å²) in [6.45, 7) is 2.86. The Hall–Kier alpha value is -2.48. The van der Waals surface area contributed by atoms with E-state index in [1.807, 2.05) is 24.3 Å². The number of hydrogen-bond acceptors (Lipinski definition) is 4. The van der Waals surface area contributed by atoms with Gasteiger partial charge in [-0.1, -0.05) is 12.1 Å². The molecule has 1 fully saturated rings. The zero-order chi connectivity index (χ0) is 17.5. The maximum absolute atomic E-state index is 11.3. The standard InChI is InChI=1S/C16H23N3O5/c1-24-14-4-2-13(3-5-14)12-17-6-8-18(15(20)21)10-11-19(9-7-17)16(22)23/h2-5H,6-12H2,1H3,(H,20,21)(H,22,23). The smallest absolute Gasteiger partial charge is 0.407 e. The number of rotatable bonds is 3. The second-order valence-electron chi connectivity index (χ2n) is 5.66. The Kier molecular flexibility index (Phi) is 6.25. The zero-order valence-corrected chi connectivity index (χ0v) is 13.7. The summed E-state index contributed by atoms with van der Waals surface area (Å²) in [7, 11) is 1.61. The van der Waals surface area contributed by atoms with Crippen LogP contribution in [-0.4, -0.2) is 83.5 Å². The summed E-state index contributed by atoms with van der Waals surface area (Å²) >= 11 is 0. The molecule has 0 radical (unpaired) electrons. The molecule has 1 aromatic rings. The van der Waals surface area contributed by atoms with Gasteiger partial charge in [0.2, 0.25) is 0 Å². The van der Waals surface area contributed by atoms with E-state index >= 15 is 0 Å². The van der Waals surface area contributed by atoms with Crippen LogP contribution in [0.25, 0.3) is 0 Å². The SMILES string of the molecule is COc1ccc(CN2CCN(C(=O)O)CCN(C(=O)O)CC2)cc1. The van der Waals surface area contributed by atoms with Gasteiger partial charge in [0, 0.05) is 45.8 Å². The molecule has 0 spiro atoms. The van der Waals surface area contributed by atoms with Crippen molar-refractivity contribution in [3.63, 3.8) is 0 Å². The largest absolute Gasteiger partial charge is 0.497 e. The Labute approximate surface area is 140 Å². The van der Waals surface area contributed by atoms with Gasteiger partial charge in [-0.05, 0) is 17.7 Å². The summed E-state index contributed by atoms with van der Waals surface area (Å²) in [5, 5.41) is 18.5. The second kappa shape index (κ2) is 8.39. The number of nitrogens with zero attached hydrogens (tertiary/aromatic N) is 3. The predicted octanol–water partition coefficient (Wildman–Crippen LogP) is 1.47. The van der Waals surface area contributed by atoms with E-state index in [-0.39, 0.29) is 13.1 Å². The molecule has 1 saturated heterocycles. The molecule has 24 heavy (non-hydrogen) atoms. The minimum Gasteiger partial charge on any atom is -0.497 e. The third-order valence-electron chi connectivity index (χ3n) is 4.12. The highest BCUT2D eigenvalue weighted by Crippen LogP contribution is 2.13. The van der Waals surface area contributed by atoms with Crippen molar-refractivity contribution in [3.05, 3.63) is 29.8 Å². The van der Waals surface area contributed by atoms with E-state index in [1.54, 1.807) is 7.11 Å². The molecule has 132 valence electrons. The van der Waals surface area contributed by atoms with E-state index in [2.05, 4.69) is 4.90 Å². The van der Waals surface area contributed by atoms with Gasteiger partial charge in [0.25, 0.3) is 0 Å². The van der Waals surface area contributed by atoms with Crippen molar-refractivity contribution in [2.24, 2.45) is 0 Å². The summed E-state index contributed by atoms with van der Waals surface area (Å²) in [5.41, 5.74) is 1.07. The number of carbonyl (C=O) groups is 2. The van der Waals surface area contributed by atoms with Crippen molar-refractivity contribution < 1.29 is 24.5 Å². The van der Waals surface area contributed by atoms with Crippen LogP contribution in [-0.2, 0) is 6.54 Å². The van der Waals surface area contributed by atoms with Crippen LogP contribution in [0.3, 0.4) is 0 Å². The lowest BCUT2D eigenvalue weighted by atomic mass is 10.2. The van der Waals surface area contributed by atoms with E-state index in [4.69, 9.17) is 4.74 Å². The van der Waals surface area contributed by atoms with Gasteiger partial charge in [0.05, 0.1) is 7.11 Å². The number of benzene rings is 1. The first-order chi connectivity index (χ1) is 11.5. The maximum atomic E-state index is 11.3. The maximum Gasteiger partial charge on any atom is 0.407 e. The van der Waals surface area contributed by atoms with Crippen molar-refractivity contribution in [2.75, 3.05) is 46.4 Å². The number of hydrogen-bond donors (Lipinski definition) is 2. The Morgan fingerprint density at radius 2 is 1.38 bits per heavy atom. The van der Waals surface area contributed by atoms with Gasteiger partial charge in [-0.15, -0.1) is 0 Å². The van der Waals surface area contributed by atoms with Crippen LogP contribution in [0.1, 0.15) is 5.56 Å². The molecule has 8 nitrogen and oxygen atoms in total. The van der Waals surface area contributed by atoms with Crippen LogP contribution in [0.15, 0.2) is 24.3 Å². The number of methoxy groups -OCH3 is 1. The molecule has 0 aromatic heterocycles. The van der Waals surface area contributed by atoms with Gasteiger partial charge in [-0.3, -0.25) is 4.90 Å². The molecule has 0 bridgehead atoms. The molecule has 2 N–H and O–H groups in total. The first-order valence-electron chi connectivity index (χ1n) is 7.80. The van der Waals surface area contributed by atoms with Crippen molar-refractivity contribution >= 4 is 12.2 Å². The molecule has 8 heteroatoms. The van der Waals surface area contributed by atoms with E-state index in [0.29, 0.717) is 32.7 Å². The monoisotopic (exact) mass is 337 g/mol. The molecule has 0 aliphatic carbocycles. The lowest BCUT2D eigenvalue weighted by Crippen LogP contribution is -2.40. The molecule has 1 aromatic carbocycles. The van der Waals surface area contributed by atoms with Gasteiger partial charge in [0.1, 0.15) is 5.75 Å². The molecule has 0 saturated carbocycles. The Balaban J connectivity index is 2.05. The van der Waals surface area contributed by atoms with Gasteiger partial charge in [-0.25, -0.2) is 9.59 Å². The minimum absolute atomic E-state index is 0.192. The van der Waals surface area contributed by atoms with Gasteiger partial charge in [0.15, 0.2) is 0 Å². The second-order valence-corrected chi connectivity index (χ2v) is 5.66. The minimum atomic E-state index is -1.02. The quantitative estimate of drug-likeness (QED) is 0.867. The molecule has 0 atom stereocenters. The molecule has 2 amide bonds. The van der Waals surface area contributed by atoms with E-state index in [0.717, 1.165) is 11.3 Å². The average molecular weight is 337 g/mol. The fraction of sp³-hybridized carbons (Fsp3) is 0.500. The van der Waals surface area contributed by atoms with Gasteiger partial charge in [-0.2, -0.15) is 0 Å². The van der Waals surface area contributed by atoms with Crippen LogP contribution < -0.4 is 4.74 Å². The van der Waals surface area contributed by atoms with Crippen LogP contribution in [0, 0.1) is 0 Å². The predicted molar refractivity (Wildman–Crippen MR) is 87.5 cm³/mol. The number of carboxylic acid groups (broad SMARTS) is 2. The number of amides is 2. The summed E-state index contributed by atoms with van der Waals surface area (Å²) in [5.74, 6) is 0.775. The molecular formula is C16H23N3O5. The summed E-state index contributed by atoms with van der Waals surface area (Å²) in [6.07, 6.45) is -2.04. The Bertz CT molecular complexity index is 537. The zero-order valence-electron chi connectivity index (χ0n) is 13.7. The lowest BCUT2D eigenvalue weighted by molar-refractivity contribution is 0.127. The Morgan fingerprint density at radius 3 is 1.79 bits per heavy atom. The fourth-order valence-electron chi connectivity index (χ4n) is 2.63. The summed E-state index contributed by atoms with van der Waals surface area (Å²) in [6, 6.07) is 7.65. The molecule has 0 unspecified atom stereocenters. The van der Waals surface area contributed by atoms with E-state index in [9.17, 15) is 19.8 Å². The first-order valence-corrected chi connectivity index (χ1v) is 7.80. The molecule has 1 aliphatic rings. The van der Waals surface area contributed by atoms with Crippen LogP contribution in [0.4, 0.5) is 9.59 Å². The van der Waals surface area contributed by atoms with Crippen LogP contribution in [0.2, 0.25) is 0 Å². The highest BCUT2D eigenvalue weighted by Gasteiger charge is 2.21. The molecular weight excluding hydrogens is 314 g/mol. The highest BCUT2D eigenvalue weighted by molar-refractivity contribution is 5.66. The normalized spacial score (nSPS) is 16.9. The lowest BCUT2D eigenvalue weighted by Gasteiger charge is -2.24. The molecule has 1 heterocycles. The summed E-state index contributed by atoms with van der Waals surface area (Å²) in [4.78, 5) is 27.1. The van der Waals surface area contributed by atoms with Crippen molar-refractivity contribution in [1.82, 2.24) is 14.7 Å². The first kappa shape index (κ1) is 17.9. The van der Waals surface area contributed by atoms with Gasteiger partial charge >= 0.3 is 12.2 Å². The van der Waals surface area contributed by atoms with Crippen molar-refractivity contribution in [1.29, 1.82) is 0 Å². The molecule has 2 rings (SSSR count). The third kappa shape index (κ3) is 5.02. The van der Waals surface area contributed by atoms with E-state index < -0.39 is 12.2 Å². The van der Waals surface area contributed by atoms with E-state index in [1.165, 1.54) is 9.80 Å². The van der Waals surface area contributed by atoms with Crippen molar-refractivity contribution in [3.8, 4) is 5.75 Å². The topological polar surface area (TPSA) is 93.6 Å². The highest BCUT2D eigenvalue weighted by atomic mass is 16.5. The average Bonchev–Trinajstić information content (AvgIpc) is 2.66. The van der Waals surface area contributed by atoms with Crippen LogP contribution in [0.5, 0.6) is 5.75 Å². The van der Waals surface area contributed by atoms with Crippen molar-refractivity contribution in [2.45, 2.75) is 6.54 Å².